The molecule has 242 valence electrons. The third-order valence-electron chi connectivity index (χ3n) is 7.77. The number of carbonyl (C=O) groups is 2. The van der Waals surface area contributed by atoms with E-state index in [1.54, 1.807) is 60.7 Å². The second-order valence-electron chi connectivity index (χ2n) is 11.2. The number of hydrogen-bond acceptors (Lipinski definition) is 5. The second kappa shape index (κ2) is 15.8. The summed E-state index contributed by atoms with van der Waals surface area (Å²) in [5.41, 5.74) is 2.75. The molecule has 1 N–H and O–H groups in total. The molecule has 0 saturated carbocycles. The van der Waals surface area contributed by atoms with Gasteiger partial charge in [-0.1, -0.05) is 84.8 Å². The SMILES string of the molecule is CC[C@@H](C)NC(=O)[C@@H](Cc1ccccc1)N(Cc1ccc(Cl)cc1)C(=O)CN(c1cccc(OC)c1)S(=O)(=O)c1ccc(C)cc1. The van der Waals surface area contributed by atoms with Gasteiger partial charge in [0.1, 0.15) is 18.3 Å². The van der Waals surface area contributed by atoms with Gasteiger partial charge < -0.3 is 15.0 Å². The Bertz CT molecular complexity index is 1720. The highest BCUT2D eigenvalue weighted by molar-refractivity contribution is 7.92. The fraction of sp³-hybridized carbons (Fsp3) is 0.278. The van der Waals surface area contributed by atoms with E-state index in [1.165, 1.54) is 24.1 Å². The Labute approximate surface area is 277 Å². The fourth-order valence-corrected chi connectivity index (χ4v) is 6.45. The number of carbonyl (C=O) groups excluding carboxylic acids is 2. The van der Waals surface area contributed by atoms with Crippen molar-refractivity contribution >= 4 is 39.1 Å². The summed E-state index contributed by atoms with van der Waals surface area (Å²) >= 11 is 6.16. The molecule has 4 aromatic rings. The Morgan fingerprint density at radius 1 is 0.891 bits per heavy atom. The van der Waals surface area contributed by atoms with Crippen molar-refractivity contribution < 1.29 is 22.7 Å². The molecule has 0 aliphatic rings. The van der Waals surface area contributed by atoms with Gasteiger partial charge in [0.25, 0.3) is 10.0 Å². The standard InChI is InChI=1S/C36H40ClN3O5S/c1-5-27(3)38-36(42)34(22-28-10-7-6-8-11-28)39(24-29-16-18-30(37)19-17-29)35(41)25-40(31-12-9-13-32(23-31)45-4)46(43,44)33-20-14-26(2)15-21-33/h6-21,23,27,34H,5,22,24-25H2,1-4H3,(H,38,42)/t27-,34-/m1/s1. The van der Waals surface area contributed by atoms with E-state index in [2.05, 4.69) is 5.32 Å². The van der Waals surface area contributed by atoms with Crippen LogP contribution in [-0.4, -0.2) is 50.9 Å². The molecule has 10 heteroatoms. The van der Waals surface area contributed by atoms with Crippen LogP contribution in [0.25, 0.3) is 0 Å². The summed E-state index contributed by atoms with van der Waals surface area (Å²) in [4.78, 5) is 30.0. The summed E-state index contributed by atoms with van der Waals surface area (Å²) in [6.45, 7) is 5.24. The number of nitrogens with zero attached hydrogens (tertiary/aromatic N) is 2. The van der Waals surface area contributed by atoms with Crippen molar-refractivity contribution in [2.45, 2.75) is 57.1 Å². The largest absolute Gasteiger partial charge is 0.497 e. The lowest BCUT2D eigenvalue weighted by atomic mass is 10.0. The monoisotopic (exact) mass is 661 g/mol. The lowest BCUT2D eigenvalue weighted by Gasteiger charge is -2.34. The second-order valence-corrected chi connectivity index (χ2v) is 13.5. The molecule has 0 aromatic heterocycles. The van der Waals surface area contributed by atoms with Crippen LogP contribution in [0.15, 0.2) is 108 Å². The summed E-state index contributed by atoms with van der Waals surface area (Å²) in [5.74, 6) is -0.439. The Balaban J connectivity index is 1.82. The van der Waals surface area contributed by atoms with Crippen molar-refractivity contribution in [3.63, 3.8) is 0 Å². The Hall–Kier alpha value is -4.34. The first-order valence-corrected chi connectivity index (χ1v) is 16.9. The Morgan fingerprint density at radius 3 is 2.20 bits per heavy atom. The highest BCUT2D eigenvalue weighted by Gasteiger charge is 2.35. The Morgan fingerprint density at radius 2 is 1.57 bits per heavy atom. The van der Waals surface area contributed by atoms with E-state index in [9.17, 15) is 18.0 Å². The van der Waals surface area contributed by atoms with Gasteiger partial charge in [-0.05, 0) is 67.8 Å². The lowest BCUT2D eigenvalue weighted by molar-refractivity contribution is -0.140. The number of methoxy groups -OCH3 is 1. The molecule has 8 nitrogen and oxygen atoms in total. The topological polar surface area (TPSA) is 96.0 Å². The maximum atomic E-state index is 14.6. The van der Waals surface area contributed by atoms with Gasteiger partial charge in [0, 0.05) is 30.1 Å². The predicted octanol–water partition coefficient (Wildman–Crippen LogP) is 6.41. The fourth-order valence-electron chi connectivity index (χ4n) is 4.91. The van der Waals surface area contributed by atoms with E-state index in [4.69, 9.17) is 16.3 Å². The molecule has 2 amide bonds. The maximum Gasteiger partial charge on any atom is 0.264 e. The molecule has 0 bridgehead atoms. The van der Waals surface area contributed by atoms with E-state index in [1.807, 2.05) is 51.1 Å². The molecule has 4 aromatic carbocycles. The molecule has 4 rings (SSSR count). The van der Waals surface area contributed by atoms with E-state index in [-0.39, 0.29) is 35.5 Å². The number of amides is 2. The molecule has 0 fully saturated rings. The van der Waals surface area contributed by atoms with Crippen molar-refractivity contribution in [3.05, 3.63) is 125 Å². The van der Waals surface area contributed by atoms with Gasteiger partial charge in [0.2, 0.25) is 11.8 Å². The molecule has 0 aliphatic heterocycles. The average Bonchev–Trinajstić information content (AvgIpc) is 3.06. The third-order valence-corrected chi connectivity index (χ3v) is 9.81. The molecule has 0 heterocycles. The van der Waals surface area contributed by atoms with Crippen molar-refractivity contribution in [2.75, 3.05) is 18.0 Å². The summed E-state index contributed by atoms with van der Waals surface area (Å²) in [5, 5.41) is 3.57. The lowest BCUT2D eigenvalue weighted by Crippen LogP contribution is -2.54. The average molecular weight is 662 g/mol. The predicted molar refractivity (Wildman–Crippen MR) is 183 cm³/mol. The van der Waals surface area contributed by atoms with Crippen LogP contribution in [0.1, 0.15) is 37.0 Å². The zero-order valence-corrected chi connectivity index (χ0v) is 28.1. The van der Waals surface area contributed by atoms with Crippen LogP contribution in [0.5, 0.6) is 5.75 Å². The minimum absolute atomic E-state index is 0.0355. The maximum absolute atomic E-state index is 14.6. The van der Waals surface area contributed by atoms with Gasteiger partial charge in [-0.15, -0.1) is 0 Å². The Kier molecular flexibility index (Phi) is 11.8. The minimum atomic E-state index is -4.22. The number of ether oxygens (including phenoxy) is 1. The van der Waals surface area contributed by atoms with Gasteiger partial charge in [-0.2, -0.15) is 0 Å². The quantitative estimate of drug-likeness (QED) is 0.169. The van der Waals surface area contributed by atoms with E-state index in [0.717, 1.165) is 21.0 Å². The van der Waals surface area contributed by atoms with Crippen LogP contribution in [0.3, 0.4) is 0 Å². The molecule has 0 unspecified atom stereocenters. The van der Waals surface area contributed by atoms with Crippen LogP contribution in [0.4, 0.5) is 5.69 Å². The summed E-state index contributed by atoms with van der Waals surface area (Å²) < 4.78 is 34.9. The minimum Gasteiger partial charge on any atom is -0.497 e. The van der Waals surface area contributed by atoms with Gasteiger partial charge in [-0.3, -0.25) is 13.9 Å². The van der Waals surface area contributed by atoms with E-state index >= 15 is 0 Å². The highest BCUT2D eigenvalue weighted by atomic mass is 35.5. The molecular weight excluding hydrogens is 622 g/mol. The van der Waals surface area contributed by atoms with Gasteiger partial charge in [0.05, 0.1) is 17.7 Å². The normalized spacial score (nSPS) is 12.5. The van der Waals surface area contributed by atoms with Crippen LogP contribution in [0.2, 0.25) is 5.02 Å². The number of aryl methyl sites for hydroxylation is 1. The molecule has 0 spiro atoms. The zero-order chi connectivity index (χ0) is 33.3. The summed E-state index contributed by atoms with van der Waals surface area (Å²) in [7, 11) is -2.73. The van der Waals surface area contributed by atoms with E-state index < -0.39 is 28.5 Å². The van der Waals surface area contributed by atoms with Gasteiger partial charge >= 0.3 is 0 Å². The number of nitrogens with one attached hydrogen (secondary N) is 1. The molecule has 0 saturated heterocycles. The number of sulfonamides is 1. The van der Waals surface area contributed by atoms with Crippen molar-refractivity contribution in [1.82, 2.24) is 10.2 Å². The number of benzene rings is 4. The first-order chi connectivity index (χ1) is 22.0. The van der Waals surface area contributed by atoms with Gasteiger partial charge in [0.15, 0.2) is 0 Å². The van der Waals surface area contributed by atoms with Crippen molar-refractivity contribution in [2.24, 2.45) is 0 Å². The molecule has 0 aliphatic carbocycles. The smallest absolute Gasteiger partial charge is 0.264 e. The zero-order valence-electron chi connectivity index (χ0n) is 26.5. The van der Waals surface area contributed by atoms with Gasteiger partial charge in [-0.25, -0.2) is 8.42 Å². The van der Waals surface area contributed by atoms with Crippen molar-refractivity contribution in [3.8, 4) is 5.75 Å². The highest BCUT2D eigenvalue weighted by Crippen LogP contribution is 2.28. The van der Waals surface area contributed by atoms with Crippen LogP contribution in [0, 0.1) is 6.92 Å². The van der Waals surface area contributed by atoms with Crippen molar-refractivity contribution in [1.29, 1.82) is 0 Å². The molecule has 0 radical (unpaired) electrons. The molecule has 2 atom stereocenters. The first kappa shape index (κ1) is 34.5. The molecular formula is C36H40ClN3O5S. The number of hydrogen-bond donors (Lipinski definition) is 1. The molecule has 46 heavy (non-hydrogen) atoms. The number of halogens is 1. The van der Waals surface area contributed by atoms with Crippen LogP contribution < -0.4 is 14.4 Å². The summed E-state index contributed by atoms with van der Waals surface area (Å²) in [6, 6.07) is 28.4. The van der Waals surface area contributed by atoms with Crippen LogP contribution >= 0.6 is 11.6 Å². The number of rotatable bonds is 14. The number of anilines is 1. The summed E-state index contributed by atoms with van der Waals surface area (Å²) in [6.07, 6.45) is 0.930. The third kappa shape index (κ3) is 8.89. The van der Waals surface area contributed by atoms with Crippen LogP contribution in [-0.2, 0) is 32.6 Å². The van der Waals surface area contributed by atoms with E-state index in [0.29, 0.717) is 17.2 Å². The first-order valence-electron chi connectivity index (χ1n) is 15.1.